The molecule has 0 spiro atoms. The van der Waals surface area contributed by atoms with Crippen LogP contribution in [0.15, 0.2) is 40.0 Å². The lowest BCUT2D eigenvalue weighted by molar-refractivity contribution is -0.115. The first-order valence-corrected chi connectivity index (χ1v) is 10.1. The van der Waals surface area contributed by atoms with E-state index in [0.29, 0.717) is 11.1 Å². The molecule has 146 valence electrons. The van der Waals surface area contributed by atoms with E-state index in [1.165, 1.54) is 17.3 Å². The van der Waals surface area contributed by atoms with Crippen molar-refractivity contribution in [3.05, 3.63) is 58.1 Å². The van der Waals surface area contributed by atoms with Crippen LogP contribution >= 0.6 is 11.8 Å². The van der Waals surface area contributed by atoms with E-state index in [0.717, 1.165) is 33.5 Å². The Morgan fingerprint density at radius 2 is 1.50 bits per heavy atom. The van der Waals surface area contributed by atoms with Crippen molar-refractivity contribution >= 4 is 23.4 Å². The summed E-state index contributed by atoms with van der Waals surface area (Å²) in [6.45, 7) is 11.9. The molecule has 5 nitrogen and oxygen atoms in total. The Kier molecular flexibility index (Phi) is 5.89. The average Bonchev–Trinajstić information content (AvgIpc) is 3.05. The third kappa shape index (κ3) is 4.62. The summed E-state index contributed by atoms with van der Waals surface area (Å²) in [7, 11) is 0. The van der Waals surface area contributed by atoms with Gasteiger partial charge in [0.15, 0.2) is 0 Å². The van der Waals surface area contributed by atoms with Gasteiger partial charge in [0.2, 0.25) is 11.8 Å². The lowest BCUT2D eigenvalue weighted by atomic mass is 10.1. The zero-order valence-electron chi connectivity index (χ0n) is 17.1. The van der Waals surface area contributed by atoms with Crippen LogP contribution in [0.1, 0.15) is 34.7 Å². The first-order valence-electron chi connectivity index (χ1n) is 9.20. The van der Waals surface area contributed by atoms with E-state index in [1.807, 2.05) is 53.7 Å². The minimum atomic E-state index is -0.368. The highest BCUT2D eigenvalue weighted by Gasteiger charge is 2.20. The van der Waals surface area contributed by atoms with Crippen LogP contribution in [0.5, 0.6) is 0 Å². The summed E-state index contributed by atoms with van der Waals surface area (Å²) in [5.41, 5.74) is 7.32. The number of carbonyl (C=O) groups excluding carboxylic acids is 1. The van der Waals surface area contributed by atoms with Gasteiger partial charge in [0.05, 0.1) is 5.25 Å². The van der Waals surface area contributed by atoms with Crippen LogP contribution in [0.3, 0.4) is 0 Å². The second kappa shape index (κ2) is 8.19. The first kappa shape index (κ1) is 20.1. The van der Waals surface area contributed by atoms with Crippen molar-refractivity contribution in [3.8, 4) is 11.5 Å². The van der Waals surface area contributed by atoms with Crippen molar-refractivity contribution in [1.82, 2.24) is 10.2 Å². The molecule has 1 heterocycles. The number of hydrogen-bond donors (Lipinski definition) is 1. The van der Waals surface area contributed by atoms with Gasteiger partial charge in [-0.1, -0.05) is 46.7 Å². The van der Waals surface area contributed by atoms with Gasteiger partial charge in [-0.15, -0.1) is 10.2 Å². The molecule has 0 unspecified atom stereocenters. The summed E-state index contributed by atoms with van der Waals surface area (Å²) < 4.78 is 5.77. The SMILES string of the molecule is Cc1cc(C)cc(-c2nnc(S[C@@H](C)C(=O)Nc3c(C)cc(C)cc3C)o2)c1. The van der Waals surface area contributed by atoms with Crippen LogP contribution in [-0.2, 0) is 4.79 Å². The Balaban J connectivity index is 1.70. The molecule has 0 bridgehead atoms. The zero-order chi connectivity index (χ0) is 20.4. The standard InChI is InChI=1S/C22H25N3O2S/c1-12-7-13(2)11-18(10-12)21-24-25-22(27-21)28-17(6)20(26)23-19-15(4)8-14(3)9-16(19)5/h7-11,17H,1-6H3,(H,23,26)/t17-/m0/s1. The van der Waals surface area contributed by atoms with Crippen molar-refractivity contribution in [2.45, 2.75) is 52.0 Å². The molecule has 0 aliphatic heterocycles. The van der Waals surface area contributed by atoms with Gasteiger partial charge in [0, 0.05) is 11.3 Å². The molecule has 0 aliphatic carbocycles. The van der Waals surface area contributed by atoms with E-state index in [9.17, 15) is 4.79 Å². The summed E-state index contributed by atoms with van der Waals surface area (Å²) in [6, 6.07) is 10.2. The highest BCUT2D eigenvalue weighted by atomic mass is 32.2. The molecule has 6 heteroatoms. The maximum Gasteiger partial charge on any atom is 0.277 e. The minimum Gasteiger partial charge on any atom is -0.411 e. The molecule has 0 saturated heterocycles. The van der Waals surface area contributed by atoms with Crippen LogP contribution in [0.4, 0.5) is 5.69 Å². The molecule has 0 saturated carbocycles. The summed E-state index contributed by atoms with van der Waals surface area (Å²) in [6.07, 6.45) is 0. The molecule has 3 rings (SSSR count). The number of aromatic nitrogens is 2. The van der Waals surface area contributed by atoms with Gasteiger partial charge in [0.25, 0.3) is 5.22 Å². The maximum absolute atomic E-state index is 12.7. The zero-order valence-corrected chi connectivity index (χ0v) is 17.9. The van der Waals surface area contributed by atoms with Gasteiger partial charge >= 0.3 is 0 Å². The lowest BCUT2D eigenvalue weighted by Gasteiger charge is -2.15. The van der Waals surface area contributed by atoms with E-state index in [4.69, 9.17) is 4.42 Å². The van der Waals surface area contributed by atoms with E-state index in [2.05, 4.69) is 33.7 Å². The van der Waals surface area contributed by atoms with Crippen LogP contribution in [0.25, 0.3) is 11.5 Å². The monoisotopic (exact) mass is 395 g/mol. The second-order valence-electron chi connectivity index (χ2n) is 7.27. The molecule has 28 heavy (non-hydrogen) atoms. The first-order chi connectivity index (χ1) is 13.2. The highest BCUT2D eigenvalue weighted by Crippen LogP contribution is 2.29. The number of thioether (sulfide) groups is 1. The minimum absolute atomic E-state index is 0.0915. The molecular weight excluding hydrogens is 370 g/mol. The highest BCUT2D eigenvalue weighted by molar-refractivity contribution is 8.00. The average molecular weight is 396 g/mol. The fraction of sp³-hybridized carbons (Fsp3) is 0.318. The number of amides is 1. The number of aryl methyl sites for hydroxylation is 5. The molecule has 1 amide bonds. The van der Waals surface area contributed by atoms with Gasteiger partial charge in [-0.3, -0.25) is 4.79 Å². The molecule has 0 fully saturated rings. The molecule has 3 aromatic rings. The Morgan fingerprint density at radius 3 is 2.11 bits per heavy atom. The number of nitrogens with one attached hydrogen (secondary N) is 1. The van der Waals surface area contributed by atoms with Gasteiger partial charge in [-0.05, 0) is 64.8 Å². The van der Waals surface area contributed by atoms with Crippen LogP contribution in [-0.4, -0.2) is 21.4 Å². The van der Waals surface area contributed by atoms with Gasteiger partial charge < -0.3 is 9.73 Å². The summed E-state index contributed by atoms with van der Waals surface area (Å²) in [5, 5.41) is 11.3. The number of nitrogens with zero attached hydrogens (tertiary/aromatic N) is 2. The molecule has 1 aromatic heterocycles. The summed E-state index contributed by atoms with van der Waals surface area (Å²) in [5.74, 6) is 0.373. The topological polar surface area (TPSA) is 68.0 Å². The normalized spacial score (nSPS) is 12.1. The predicted octanol–water partition coefficient (Wildman–Crippen LogP) is 5.40. The lowest BCUT2D eigenvalue weighted by Crippen LogP contribution is -2.23. The number of benzene rings is 2. The van der Waals surface area contributed by atoms with Crippen LogP contribution in [0.2, 0.25) is 0 Å². The van der Waals surface area contributed by atoms with E-state index >= 15 is 0 Å². The summed E-state index contributed by atoms with van der Waals surface area (Å²) >= 11 is 1.26. The maximum atomic E-state index is 12.7. The van der Waals surface area contributed by atoms with Crippen molar-refractivity contribution in [2.24, 2.45) is 0 Å². The van der Waals surface area contributed by atoms with Crippen molar-refractivity contribution in [1.29, 1.82) is 0 Å². The molecular formula is C22H25N3O2S. The Hall–Kier alpha value is -2.60. The van der Waals surface area contributed by atoms with Crippen LogP contribution < -0.4 is 5.32 Å². The van der Waals surface area contributed by atoms with E-state index in [-0.39, 0.29) is 11.2 Å². The third-order valence-corrected chi connectivity index (χ3v) is 5.38. The third-order valence-electron chi connectivity index (χ3n) is 4.45. The molecule has 0 aliphatic rings. The largest absolute Gasteiger partial charge is 0.411 e. The van der Waals surface area contributed by atoms with Crippen molar-refractivity contribution < 1.29 is 9.21 Å². The number of anilines is 1. The van der Waals surface area contributed by atoms with Gasteiger partial charge in [-0.25, -0.2) is 0 Å². The Labute approximate surface area is 170 Å². The number of hydrogen-bond acceptors (Lipinski definition) is 5. The Morgan fingerprint density at radius 1 is 0.929 bits per heavy atom. The van der Waals surface area contributed by atoms with Gasteiger partial charge in [-0.2, -0.15) is 0 Å². The molecule has 1 atom stereocenters. The fourth-order valence-corrected chi connectivity index (χ4v) is 3.96. The van der Waals surface area contributed by atoms with Crippen LogP contribution in [0, 0.1) is 34.6 Å². The molecule has 0 radical (unpaired) electrons. The van der Waals surface area contributed by atoms with Crippen molar-refractivity contribution in [3.63, 3.8) is 0 Å². The van der Waals surface area contributed by atoms with Crippen molar-refractivity contribution in [2.75, 3.05) is 5.32 Å². The summed E-state index contributed by atoms with van der Waals surface area (Å²) in [4.78, 5) is 12.7. The fourth-order valence-electron chi connectivity index (χ4n) is 3.28. The smallest absolute Gasteiger partial charge is 0.277 e. The van der Waals surface area contributed by atoms with E-state index < -0.39 is 0 Å². The number of carbonyl (C=O) groups is 1. The molecule has 2 aromatic carbocycles. The number of rotatable bonds is 5. The quantitative estimate of drug-likeness (QED) is 0.586. The second-order valence-corrected chi connectivity index (χ2v) is 8.56. The van der Waals surface area contributed by atoms with E-state index in [1.54, 1.807) is 0 Å². The predicted molar refractivity (Wildman–Crippen MR) is 114 cm³/mol. The molecule has 1 N–H and O–H groups in total. The van der Waals surface area contributed by atoms with Gasteiger partial charge in [0.1, 0.15) is 0 Å². The Bertz CT molecular complexity index is 983.